The average molecular weight is 393 g/mol. The molecule has 128 valence electrons. The van der Waals surface area contributed by atoms with Crippen LogP contribution in [0.1, 0.15) is 36.6 Å². The highest BCUT2D eigenvalue weighted by atomic mass is 79.9. The Morgan fingerprint density at radius 1 is 1.46 bits per heavy atom. The molecule has 0 spiro atoms. The van der Waals surface area contributed by atoms with Gasteiger partial charge >= 0.3 is 6.03 Å². The summed E-state index contributed by atoms with van der Waals surface area (Å²) in [7, 11) is 1.64. The van der Waals surface area contributed by atoms with Crippen LogP contribution < -0.4 is 5.32 Å². The number of piperidine rings is 1. The molecule has 1 aliphatic heterocycles. The Morgan fingerprint density at radius 2 is 2.33 bits per heavy atom. The van der Waals surface area contributed by atoms with Gasteiger partial charge in [-0.05, 0) is 37.5 Å². The molecule has 1 fully saturated rings. The normalized spacial score (nSPS) is 17.8. The summed E-state index contributed by atoms with van der Waals surface area (Å²) in [6, 6.07) is 7.63. The maximum atomic E-state index is 12.9. The minimum absolute atomic E-state index is 0.0410. The quantitative estimate of drug-likeness (QED) is 0.823. The molecule has 6 nitrogen and oxygen atoms in total. The SMILES string of the molecule is COCc1c(Br)cccc1NC(=O)N1CCCCC1c1ccn[nH]1. The molecule has 24 heavy (non-hydrogen) atoms. The maximum Gasteiger partial charge on any atom is 0.322 e. The van der Waals surface area contributed by atoms with Gasteiger partial charge in [-0.15, -0.1) is 0 Å². The van der Waals surface area contributed by atoms with Gasteiger partial charge in [0.25, 0.3) is 0 Å². The van der Waals surface area contributed by atoms with Crippen LogP contribution >= 0.6 is 15.9 Å². The molecule has 2 aromatic rings. The lowest BCUT2D eigenvalue weighted by Crippen LogP contribution is -2.41. The number of methoxy groups -OCH3 is 1. The minimum atomic E-state index is -0.0928. The molecule has 2 heterocycles. The number of amides is 2. The molecule has 0 aliphatic carbocycles. The van der Waals surface area contributed by atoms with Crippen LogP contribution in [0.25, 0.3) is 0 Å². The van der Waals surface area contributed by atoms with Crippen molar-refractivity contribution in [1.82, 2.24) is 15.1 Å². The molecule has 1 aromatic heterocycles. The molecule has 0 radical (unpaired) electrons. The Hall–Kier alpha value is -1.86. The lowest BCUT2D eigenvalue weighted by atomic mass is 10.00. The van der Waals surface area contributed by atoms with E-state index in [1.54, 1.807) is 13.3 Å². The average Bonchev–Trinajstić information content (AvgIpc) is 3.12. The Kier molecular flexibility index (Phi) is 5.52. The van der Waals surface area contributed by atoms with Crippen LogP contribution in [-0.2, 0) is 11.3 Å². The second-order valence-electron chi connectivity index (χ2n) is 5.85. The van der Waals surface area contributed by atoms with E-state index >= 15 is 0 Å². The van der Waals surface area contributed by atoms with Crippen molar-refractivity contribution >= 4 is 27.6 Å². The van der Waals surface area contributed by atoms with Crippen molar-refractivity contribution in [3.63, 3.8) is 0 Å². The van der Waals surface area contributed by atoms with Gasteiger partial charge in [0, 0.05) is 35.6 Å². The Balaban J connectivity index is 1.80. The first-order chi connectivity index (χ1) is 11.7. The molecule has 1 aliphatic rings. The number of likely N-dealkylation sites (tertiary alicyclic amines) is 1. The van der Waals surface area contributed by atoms with E-state index in [2.05, 4.69) is 31.4 Å². The van der Waals surface area contributed by atoms with Crippen molar-refractivity contribution in [3.8, 4) is 0 Å². The highest BCUT2D eigenvalue weighted by Gasteiger charge is 2.29. The lowest BCUT2D eigenvalue weighted by molar-refractivity contribution is 0.161. The lowest BCUT2D eigenvalue weighted by Gasteiger charge is -2.35. The minimum Gasteiger partial charge on any atom is -0.380 e. The largest absolute Gasteiger partial charge is 0.380 e. The fraction of sp³-hybridized carbons (Fsp3) is 0.412. The first kappa shape index (κ1) is 17.0. The van der Waals surface area contributed by atoms with E-state index in [0.717, 1.165) is 47.2 Å². The number of hydrogen-bond donors (Lipinski definition) is 2. The number of carbonyl (C=O) groups is 1. The van der Waals surface area contributed by atoms with Gasteiger partial charge in [0.2, 0.25) is 0 Å². The van der Waals surface area contributed by atoms with Crippen molar-refractivity contribution < 1.29 is 9.53 Å². The molecule has 1 unspecified atom stereocenters. The Morgan fingerprint density at radius 3 is 3.08 bits per heavy atom. The molecule has 0 bridgehead atoms. The molecule has 1 saturated heterocycles. The van der Waals surface area contributed by atoms with E-state index in [9.17, 15) is 4.79 Å². The van der Waals surface area contributed by atoms with Crippen LogP contribution in [0, 0.1) is 0 Å². The van der Waals surface area contributed by atoms with E-state index in [1.165, 1.54) is 0 Å². The second-order valence-corrected chi connectivity index (χ2v) is 6.70. The first-order valence-corrected chi connectivity index (χ1v) is 8.83. The third-order valence-electron chi connectivity index (χ3n) is 4.29. The van der Waals surface area contributed by atoms with E-state index in [0.29, 0.717) is 6.61 Å². The zero-order chi connectivity index (χ0) is 16.9. The Bertz CT molecular complexity index is 690. The highest BCUT2D eigenvalue weighted by Crippen LogP contribution is 2.31. The van der Waals surface area contributed by atoms with Crippen molar-refractivity contribution in [2.75, 3.05) is 19.0 Å². The monoisotopic (exact) mass is 392 g/mol. The summed E-state index contributed by atoms with van der Waals surface area (Å²) >= 11 is 3.52. The predicted molar refractivity (Wildman–Crippen MR) is 95.8 cm³/mol. The number of urea groups is 1. The number of halogens is 1. The van der Waals surface area contributed by atoms with Gasteiger partial charge in [0.1, 0.15) is 0 Å². The van der Waals surface area contributed by atoms with Gasteiger partial charge in [-0.25, -0.2) is 4.79 Å². The third kappa shape index (κ3) is 3.62. The molecule has 7 heteroatoms. The van der Waals surface area contributed by atoms with Gasteiger partial charge < -0.3 is 15.0 Å². The first-order valence-electron chi connectivity index (χ1n) is 8.04. The zero-order valence-corrected chi connectivity index (χ0v) is 15.2. The van der Waals surface area contributed by atoms with Gasteiger partial charge in [0.05, 0.1) is 18.3 Å². The number of benzene rings is 1. The maximum absolute atomic E-state index is 12.9. The zero-order valence-electron chi connectivity index (χ0n) is 13.6. The van der Waals surface area contributed by atoms with Crippen molar-refractivity contribution in [2.45, 2.75) is 31.9 Å². The van der Waals surface area contributed by atoms with Crippen molar-refractivity contribution in [3.05, 3.63) is 46.2 Å². The second kappa shape index (κ2) is 7.81. The van der Waals surface area contributed by atoms with Crippen LogP contribution in [0.4, 0.5) is 10.5 Å². The molecule has 2 N–H and O–H groups in total. The summed E-state index contributed by atoms with van der Waals surface area (Å²) in [5.41, 5.74) is 2.69. The molecule has 3 rings (SSSR count). The van der Waals surface area contributed by atoms with E-state index < -0.39 is 0 Å². The summed E-state index contributed by atoms with van der Waals surface area (Å²) in [4.78, 5) is 14.7. The summed E-state index contributed by atoms with van der Waals surface area (Å²) in [6.45, 7) is 1.17. The van der Waals surface area contributed by atoms with Crippen LogP contribution in [0.15, 0.2) is 34.9 Å². The standard InChI is InChI=1S/C17H21BrN4O2/c1-24-11-12-13(18)5-4-6-14(12)20-17(23)22-10-3-2-7-16(22)15-8-9-19-21-15/h4-6,8-9,16H,2-3,7,10-11H2,1H3,(H,19,21)(H,20,23). The highest BCUT2D eigenvalue weighted by molar-refractivity contribution is 9.10. The van der Waals surface area contributed by atoms with Gasteiger partial charge in [-0.1, -0.05) is 22.0 Å². The van der Waals surface area contributed by atoms with E-state index in [4.69, 9.17) is 4.74 Å². The van der Waals surface area contributed by atoms with Gasteiger partial charge in [-0.2, -0.15) is 5.10 Å². The van der Waals surface area contributed by atoms with Crippen LogP contribution in [0.3, 0.4) is 0 Å². The topological polar surface area (TPSA) is 70.2 Å². The summed E-state index contributed by atoms with van der Waals surface area (Å²) in [6.07, 6.45) is 4.80. The fourth-order valence-corrected chi connectivity index (χ4v) is 3.58. The van der Waals surface area contributed by atoms with Crippen molar-refractivity contribution in [2.24, 2.45) is 0 Å². The number of rotatable bonds is 4. The molecular formula is C17H21BrN4O2. The van der Waals surface area contributed by atoms with Crippen molar-refractivity contribution in [1.29, 1.82) is 0 Å². The van der Waals surface area contributed by atoms with Gasteiger partial charge in [-0.3, -0.25) is 5.10 Å². The molecule has 1 atom stereocenters. The number of nitrogens with one attached hydrogen (secondary N) is 2. The number of H-pyrrole nitrogens is 1. The molecule has 2 amide bonds. The number of carbonyl (C=O) groups excluding carboxylic acids is 1. The van der Waals surface area contributed by atoms with Gasteiger partial charge in [0.15, 0.2) is 0 Å². The summed E-state index contributed by atoms with van der Waals surface area (Å²) < 4.78 is 6.17. The number of hydrogen-bond acceptors (Lipinski definition) is 3. The predicted octanol–water partition coefficient (Wildman–Crippen LogP) is 4.08. The summed E-state index contributed by atoms with van der Waals surface area (Å²) in [5, 5.41) is 10.1. The fourth-order valence-electron chi connectivity index (χ4n) is 3.10. The molecule has 0 saturated carbocycles. The molecule has 1 aromatic carbocycles. The number of aromatic nitrogens is 2. The number of aromatic amines is 1. The van der Waals surface area contributed by atoms with Crippen LogP contribution in [0.2, 0.25) is 0 Å². The smallest absolute Gasteiger partial charge is 0.322 e. The van der Waals surface area contributed by atoms with E-state index in [-0.39, 0.29) is 12.1 Å². The van der Waals surface area contributed by atoms with Crippen LogP contribution in [-0.4, -0.2) is 34.8 Å². The van der Waals surface area contributed by atoms with E-state index in [1.807, 2.05) is 29.2 Å². The number of ether oxygens (including phenoxy) is 1. The number of nitrogens with zero attached hydrogens (tertiary/aromatic N) is 2. The summed E-state index contributed by atoms with van der Waals surface area (Å²) in [5.74, 6) is 0. The molecular weight excluding hydrogens is 372 g/mol. The Labute approximate surface area is 149 Å². The van der Waals surface area contributed by atoms with Crippen LogP contribution in [0.5, 0.6) is 0 Å². The number of anilines is 1. The third-order valence-corrected chi connectivity index (χ3v) is 5.04.